The fourth-order valence-electron chi connectivity index (χ4n) is 6.82. The summed E-state index contributed by atoms with van der Waals surface area (Å²) < 4.78 is 19.0. The molecule has 0 saturated carbocycles. The second-order valence-electron chi connectivity index (χ2n) is 12.7. The van der Waals surface area contributed by atoms with Crippen LogP contribution in [0.15, 0.2) is 58.4 Å². The van der Waals surface area contributed by atoms with Crippen molar-refractivity contribution in [2.75, 3.05) is 13.2 Å². The summed E-state index contributed by atoms with van der Waals surface area (Å²) in [5.74, 6) is 0.142. The summed E-state index contributed by atoms with van der Waals surface area (Å²) in [6, 6.07) is 15.2. The van der Waals surface area contributed by atoms with Crippen LogP contribution in [0.1, 0.15) is 100.0 Å². The van der Waals surface area contributed by atoms with Gasteiger partial charge in [0.25, 0.3) is 11.5 Å². The van der Waals surface area contributed by atoms with E-state index in [2.05, 4.69) is 24.4 Å². The van der Waals surface area contributed by atoms with Crippen LogP contribution in [0, 0.1) is 0 Å². The Morgan fingerprint density at radius 3 is 2.63 bits per heavy atom. The van der Waals surface area contributed by atoms with Gasteiger partial charge >= 0.3 is 5.97 Å². The van der Waals surface area contributed by atoms with Gasteiger partial charge in [0, 0.05) is 16.5 Å². The molecule has 0 bridgehead atoms. The third-order valence-corrected chi connectivity index (χ3v) is 9.45. The SMILES string of the molecule is CCCCCCCOc1ccccc1/C(C)=N/NC(=O)COc1ccc2nc3c(c(CC)c2c1)Cn1c-3cc2c(c1=O)COC(=O)[C@@H]2CC. The van der Waals surface area contributed by atoms with Gasteiger partial charge < -0.3 is 18.8 Å². The molecule has 0 spiro atoms. The fraction of sp³-hybridized carbons (Fsp3) is 0.410. The number of amides is 1. The zero-order valence-electron chi connectivity index (χ0n) is 28.8. The Labute approximate surface area is 286 Å². The minimum Gasteiger partial charge on any atom is -0.493 e. The number of unbranched alkanes of at least 4 members (excludes halogenated alkanes) is 4. The number of para-hydroxylation sites is 1. The molecule has 0 aliphatic carbocycles. The second-order valence-corrected chi connectivity index (χ2v) is 12.7. The van der Waals surface area contributed by atoms with Crippen LogP contribution >= 0.6 is 0 Å². The average molecular weight is 665 g/mol. The lowest BCUT2D eigenvalue weighted by Gasteiger charge is -2.24. The van der Waals surface area contributed by atoms with Gasteiger partial charge in [0.05, 0.1) is 47.2 Å². The molecule has 0 fully saturated rings. The van der Waals surface area contributed by atoms with Crippen LogP contribution in [0.4, 0.5) is 0 Å². The number of benzene rings is 2. The molecule has 1 N–H and O–H groups in total. The smallest absolute Gasteiger partial charge is 0.313 e. The van der Waals surface area contributed by atoms with Crippen molar-refractivity contribution < 1.29 is 23.8 Å². The average Bonchev–Trinajstić information content (AvgIpc) is 3.48. The highest BCUT2D eigenvalue weighted by Gasteiger charge is 2.34. The predicted molar refractivity (Wildman–Crippen MR) is 189 cm³/mol. The highest BCUT2D eigenvalue weighted by molar-refractivity contribution is 6.01. The van der Waals surface area contributed by atoms with Crippen molar-refractivity contribution in [2.24, 2.45) is 5.10 Å². The van der Waals surface area contributed by atoms with Crippen molar-refractivity contribution in [3.63, 3.8) is 0 Å². The zero-order valence-corrected chi connectivity index (χ0v) is 28.8. The van der Waals surface area contributed by atoms with Gasteiger partial charge in [-0.3, -0.25) is 14.4 Å². The second kappa shape index (κ2) is 15.1. The van der Waals surface area contributed by atoms with E-state index in [0.717, 1.165) is 63.1 Å². The molecule has 256 valence electrons. The first-order valence-corrected chi connectivity index (χ1v) is 17.4. The molecule has 4 heterocycles. The maximum Gasteiger partial charge on any atom is 0.313 e. The minimum absolute atomic E-state index is 0.00369. The molecule has 2 aromatic carbocycles. The molecule has 10 nitrogen and oxygen atoms in total. The number of nitrogens with zero attached hydrogens (tertiary/aromatic N) is 3. The molecule has 0 unspecified atom stereocenters. The molecular weight excluding hydrogens is 620 g/mol. The standard InChI is InChI=1S/C39H44N4O6/c1-5-8-9-10-13-18-47-35-15-12-11-14-28(35)24(4)41-42-36(44)23-48-25-16-17-33-30(19-25)26(6-2)31-21-43-34(37(31)40-33)20-29-27(7-3)39(46)49-22-32(29)38(43)45/h11-12,14-17,19-20,27H,5-10,13,18,21-23H2,1-4H3,(H,42,44)/b41-24+/t27-/m1/s1. The normalized spacial score (nSPS) is 15.0. The maximum absolute atomic E-state index is 13.6. The van der Waals surface area contributed by atoms with Crippen LogP contribution in [-0.2, 0) is 33.9 Å². The first-order chi connectivity index (χ1) is 23.8. The molecular formula is C39H44N4O6. The van der Waals surface area contributed by atoms with Crippen LogP contribution in [0.25, 0.3) is 22.3 Å². The number of carbonyl (C=O) groups excluding carboxylic acids is 2. The van der Waals surface area contributed by atoms with Gasteiger partial charge in [0.2, 0.25) is 0 Å². The number of hydrogen-bond donors (Lipinski definition) is 1. The number of pyridine rings is 2. The van der Waals surface area contributed by atoms with Crippen molar-refractivity contribution in [3.05, 3.63) is 86.7 Å². The lowest BCUT2D eigenvalue weighted by Crippen LogP contribution is -2.32. The Morgan fingerprint density at radius 1 is 1.02 bits per heavy atom. The Hall–Kier alpha value is -4.99. The maximum atomic E-state index is 13.6. The van der Waals surface area contributed by atoms with Crippen LogP contribution in [-0.4, -0.2) is 40.4 Å². The van der Waals surface area contributed by atoms with E-state index in [1.54, 1.807) is 10.6 Å². The summed E-state index contributed by atoms with van der Waals surface area (Å²) in [4.78, 5) is 43.8. The number of fused-ring (bicyclic) bond motifs is 5. The van der Waals surface area contributed by atoms with Crippen molar-refractivity contribution in [1.29, 1.82) is 0 Å². The molecule has 10 heteroatoms. The van der Waals surface area contributed by atoms with Gasteiger partial charge in [-0.15, -0.1) is 0 Å². The van der Waals surface area contributed by atoms with Gasteiger partial charge in [0.15, 0.2) is 6.61 Å². The summed E-state index contributed by atoms with van der Waals surface area (Å²) in [6.45, 7) is 8.85. The van der Waals surface area contributed by atoms with Crippen molar-refractivity contribution in [3.8, 4) is 22.9 Å². The Balaban J connectivity index is 1.15. The molecule has 0 radical (unpaired) electrons. The number of aryl methyl sites for hydroxylation is 1. The van der Waals surface area contributed by atoms with E-state index >= 15 is 0 Å². The topological polar surface area (TPSA) is 121 Å². The first-order valence-electron chi connectivity index (χ1n) is 17.4. The molecule has 2 aromatic heterocycles. The van der Waals surface area contributed by atoms with Crippen LogP contribution in [0.2, 0.25) is 0 Å². The quantitative estimate of drug-likeness (QED) is 0.0600. The lowest BCUT2D eigenvalue weighted by molar-refractivity contribution is -0.148. The number of hydrogen-bond acceptors (Lipinski definition) is 8. The van der Waals surface area contributed by atoms with Crippen LogP contribution in [0.5, 0.6) is 11.5 Å². The number of hydrazone groups is 1. The molecule has 2 aliphatic heterocycles. The van der Waals surface area contributed by atoms with Crippen molar-refractivity contribution >= 4 is 28.5 Å². The third kappa shape index (κ3) is 6.95. The van der Waals surface area contributed by atoms with Gasteiger partial charge in [0.1, 0.15) is 18.1 Å². The van der Waals surface area contributed by atoms with E-state index in [1.165, 1.54) is 19.3 Å². The number of cyclic esters (lactones) is 1. The van der Waals surface area contributed by atoms with E-state index in [9.17, 15) is 14.4 Å². The minimum atomic E-state index is -0.455. The van der Waals surface area contributed by atoms with E-state index < -0.39 is 5.92 Å². The lowest BCUT2D eigenvalue weighted by atomic mass is 9.90. The Morgan fingerprint density at radius 2 is 1.84 bits per heavy atom. The highest BCUT2D eigenvalue weighted by atomic mass is 16.5. The van der Waals surface area contributed by atoms with E-state index in [0.29, 0.717) is 43.0 Å². The summed E-state index contributed by atoms with van der Waals surface area (Å²) in [5.41, 5.74) is 9.53. The summed E-state index contributed by atoms with van der Waals surface area (Å²) in [5, 5.41) is 5.22. The predicted octanol–water partition coefficient (Wildman–Crippen LogP) is 6.81. The number of ether oxygens (including phenoxy) is 3. The number of rotatable bonds is 14. The van der Waals surface area contributed by atoms with Gasteiger partial charge in [-0.05, 0) is 73.7 Å². The number of nitrogens with one attached hydrogen (secondary N) is 1. The third-order valence-electron chi connectivity index (χ3n) is 9.45. The molecule has 49 heavy (non-hydrogen) atoms. The van der Waals surface area contributed by atoms with Crippen LogP contribution in [0.3, 0.4) is 0 Å². The number of carbonyl (C=O) groups is 2. The monoisotopic (exact) mass is 664 g/mol. The van der Waals surface area contributed by atoms with E-state index in [-0.39, 0.29) is 30.6 Å². The zero-order chi connectivity index (χ0) is 34.5. The Bertz CT molecular complexity index is 1980. The molecule has 2 aliphatic rings. The fourth-order valence-corrected chi connectivity index (χ4v) is 6.82. The number of aromatic nitrogens is 2. The van der Waals surface area contributed by atoms with Gasteiger partial charge in [-0.1, -0.05) is 58.6 Å². The number of esters is 1. The van der Waals surface area contributed by atoms with Gasteiger partial charge in [-0.25, -0.2) is 10.4 Å². The van der Waals surface area contributed by atoms with Crippen molar-refractivity contribution in [1.82, 2.24) is 15.0 Å². The summed E-state index contributed by atoms with van der Waals surface area (Å²) in [6.07, 6.45) is 7.08. The van der Waals surface area contributed by atoms with Gasteiger partial charge in [-0.2, -0.15) is 5.10 Å². The van der Waals surface area contributed by atoms with E-state index in [1.807, 2.05) is 56.3 Å². The summed E-state index contributed by atoms with van der Waals surface area (Å²) in [7, 11) is 0. The molecule has 1 amide bonds. The van der Waals surface area contributed by atoms with Crippen LogP contribution < -0.4 is 20.5 Å². The molecule has 0 saturated heterocycles. The van der Waals surface area contributed by atoms with Crippen molar-refractivity contribution in [2.45, 2.75) is 91.7 Å². The first kappa shape index (κ1) is 33.9. The molecule has 4 aromatic rings. The largest absolute Gasteiger partial charge is 0.493 e. The Kier molecular flexibility index (Phi) is 10.4. The molecule has 1 atom stereocenters. The summed E-state index contributed by atoms with van der Waals surface area (Å²) >= 11 is 0. The van der Waals surface area contributed by atoms with E-state index in [4.69, 9.17) is 19.2 Å². The highest BCUT2D eigenvalue weighted by Crippen LogP contribution is 2.39. The molecule has 6 rings (SSSR count).